The number of anilines is 2. The molecule has 1 saturated heterocycles. The van der Waals surface area contributed by atoms with Crippen molar-refractivity contribution in [3.63, 3.8) is 0 Å². The highest BCUT2D eigenvalue weighted by Gasteiger charge is 2.35. The fourth-order valence-electron chi connectivity index (χ4n) is 4.16. The standard InChI is InChI=1S/C27H24N4O3/c1-17-6-5-8-20(14-17)25-29-27(34-30-25)19-10-12-22(13-11-19)28-26(33)21-15-24(32)31(16-21)23-9-4-3-7-18(23)2/h3-14,21H,15-16H2,1-2H3,(H,28,33)/t21-/m0/s1. The Morgan fingerprint density at radius 2 is 1.79 bits per heavy atom. The first-order chi connectivity index (χ1) is 16.5. The van der Waals surface area contributed by atoms with E-state index < -0.39 is 5.92 Å². The van der Waals surface area contributed by atoms with Crippen LogP contribution in [0.15, 0.2) is 77.3 Å². The summed E-state index contributed by atoms with van der Waals surface area (Å²) in [5.41, 5.74) is 5.29. The summed E-state index contributed by atoms with van der Waals surface area (Å²) in [5, 5.41) is 7.00. The lowest BCUT2D eigenvalue weighted by atomic mass is 10.1. The second-order valence-corrected chi connectivity index (χ2v) is 8.55. The van der Waals surface area contributed by atoms with Crippen molar-refractivity contribution >= 4 is 23.2 Å². The molecule has 1 aromatic heterocycles. The van der Waals surface area contributed by atoms with Crippen LogP contribution in [0.25, 0.3) is 22.8 Å². The summed E-state index contributed by atoms with van der Waals surface area (Å²) in [5.74, 6) is 0.326. The second-order valence-electron chi connectivity index (χ2n) is 8.55. The minimum atomic E-state index is -0.403. The highest BCUT2D eigenvalue weighted by molar-refractivity contribution is 6.03. The van der Waals surface area contributed by atoms with Gasteiger partial charge in [-0.05, 0) is 55.8 Å². The minimum Gasteiger partial charge on any atom is -0.334 e. The molecular weight excluding hydrogens is 428 g/mol. The zero-order valence-corrected chi connectivity index (χ0v) is 19.0. The van der Waals surface area contributed by atoms with E-state index in [9.17, 15) is 9.59 Å². The van der Waals surface area contributed by atoms with Crippen molar-refractivity contribution in [1.82, 2.24) is 10.1 Å². The summed E-state index contributed by atoms with van der Waals surface area (Å²) in [6.45, 7) is 4.35. The molecule has 0 aliphatic carbocycles. The number of aromatic nitrogens is 2. The molecule has 170 valence electrons. The van der Waals surface area contributed by atoms with E-state index in [2.05, 4.69) is 15.5 Å². The Hall–Kier alpha value is -4.26. The number of carbonyl (C=O) groups is 2. The maximum atomic E-state index is 12.8. The van der Waals surface area contributed by atoms with E-state index in [1.807, 2.05) is 74.5 Å². The molecule has 34 heavy (non-hydrogen) atoms. The molecule has 0 bridgehead atoms. The first-order valence-electron chi connectivity index (χ1n) is 11.2. The van der Waals surface area contributed by atoms with Crippen LogP contribution in [-0.4, -0.2) is 28.5 Å². The number of amides is 2. The molecule has 4 aromatic rings. The predicted molar refractivity (Wildman–Crippen MR) is 130 cm³/mol. The molecule has 3 aromatic carbocycles. The third-order valence-corrected chi connectivity index (χ3v) is 6.00. The first-order valence-corrected chi connectivity index (χ1v) is 11.2. The summed E-state index contributed by atoms with van der Waals surface area (Å²) in [6.07, 6.45) is 0.196. The fourth-order valence-corrected chi connectivity index (χ4v) is 4.16. The van der Waals surface area contributed by atoms with Gasteiger partial charge in [-0.3, -0.25) is 9.59 Å². The van der Waals surface area contributed by atoms with E-state index in [4.69, 9.17) is 4.52 Å². The zero-order chi connectivity index (χ0) is 23.7. The third-order valence-electron chi connectivity index (χ3n) is 6.00. The van der Waals surface area contributed by atoms with Gasteiger partial charge in [0.05, 0.1) is 5.92 Å². The fraction of sp³-hybridized carbons (Fsp3) is 0.185. The molecule has 1 aliphatic rings. The molecule has 1 aliphatic heterocycles. The smallest absolute Gasteiger partial charge is 0.258 e. The van der Waals surface area contributed by atoms with Crippen LogP contribution in [0.2, 0.25) is 0 Å². The van der Waals surface area contributed by atoms with Crippen LogP contribution < -0.4 is 10.2 Å². The van der Waals surface area contributed by atoms with Gasteiger partial charge < -0.3 is 14.7 Å². The Bertz CT molecular complexity index is 1360. The number of carbonyl (C=O) groups excluding carboxylic acids is 2. The summed E-state index contributed by atoms with van der Waals surface area (Å²) in [4.78, 5) is 31.6. The van der Waals surface area contributed by atoms with Crippen LogP contribution in [-0.2, 0) is 9.59 Å². The molecule has 1 fully saturated rings. The van der Waals surface area contributed by atoms with Crippen LogP contribution in [0.3, 0.4) is 0 Å². The average molecular weight is 453 g/mol. The summed E-state index contributed by atoms with van der Waals surface area (Å²) >= 11 is 0. The van der Waals surface area contributed by atoms with Crippen molar-refractivity contribution in [2.24, 2.45) is 5.92 Å². The monoisotopic (exact) mass is 452 g/mol. The molecule has 2 heterocycles. The van der Waals surface area contributed by atoms with Crippen molar-refractivity contribution in [3.05, 3.63) is 83.9 Å². The van der Waals surface area contributed by atoms with Crippen molar-refractivity contribution in [2.45, 2.75) is 20.3 Å². The lowest BCUT2D eigenvalue weighted by molar-refractivity contribution is -0.122. The van der Waals surface area contributed by atoms with Gasteiger partial charge in [-0.2, -0.15) is 4.98 Å². The van der Waals surface area contributed by atoms with Gasteiger partial charge in [0.2, 0.25) is 17.6 Å². The SMILES string of the molecule is Cc1cccc(-c2noc(-c3ccc(NC(=O)[C@H]4CC(=O)N(c5ccccc5C)C4)cc3)n2)c1. The lowest BCUT2D eigenvalue weighted by Crippen LogP contribution is -2.28. The molecule has 0 radical (unpaired) electrons. The molecule has 7 nitrogen and oxygen atoms in total. The number of hydrogen-bond acceptors (Lipinski definition) is 5. The van der Waals surface area contributed by atoms with Gasteiger partial charge >= 0.3 is 0 Å². The van der Waals surface area contributed by atoms with Crippen LogP contribution in [0.5, 0.6) is 0 Å². The van der Waals surface area contributed by atoms with Gasteiger partial charge in [0.25, 0.3) is 5.89 Å². The predicted octanol–water partition coefficient (Wildman–Crippen LogP) is 5.01. The van der Waals surface area contributed by atoms with Crippen molar-refractivity contribution in [1.29, 1.82) is 0 Å². The van der Waals surface area contributed by atoms with Gasteiger partial charge in [-0.1, -0.05) is 47.1 Å². The second kappa shape index (κ2) is 8.94. The number of hydrogen-bond donors (Lipinski definition) is 1. The summed E-state index contributed by atoms with van der Waals surface area (Å²) < 4.78 is 5.43. The number of benzene rings is 3. The van der Waals surface area contributed by atoms with Crippen LogP contribution in [0, 0.1) is 19.8 Å². The quantitative estimate of drug-likeness (QED) is 0.460. The highest BCUT2D eigenvalue weighted by atomic mass is 16.5. The Morgan fingerprint density at radius 1 is 1.00 bits per heavy atom. The van der Waals surface area contributed by atoms with Crippen LogP contribution >= 0.6 is 0 Å². The van der Waals surface area contributed by atoms with E-state index in [-0.39, 0.29) is 18.2 Å². The molecule has 7 heteroatoms. The van der Waals surface area contributed by atoms with Crippen molar-refractivity contribution in [3.8, 4) is 22.8 Å². The average Bonchev–Trinajstić information content (AvgIpc) is 3.47. The van der Waals surface area contributed by atoms with E-state index in [1.54, 1.807) is 17.0 Å². The number of nitrogens with zero attached hydrogens (tertiary/aromatic N) is 3. The number of para-hydroxylation sites is 1. The molecule has 1 atom stereocenters. The third kappa shape index (κ3) is 4.32. The molecule has 0 spiro atoms. The summed E-state index contributed by atoms with van der Waals surface area (Å²) in [6, 6.07) is 22.8. The lowest BCUT2D eigenvalue weighted by Gasteiger charge is -2.19. The Labute approximate surface area is 197 Å². The Balaban J connectivity index is 1.25. The number of aryl methyl sites for hydroxylation is 2. The van der Waals surface area contributed by atoms with E-state index in [0.717, 1.165) is 27.9 Å². The van der Waals surface area contributed by atoms with E-state index in [1.165, 1.54) is 0 Å². The van der Waals surface area contributed by atoms with Gasteiger partial charge in [-0.25, -0.2) is 0 Å². The highest BCUT2D eigenvalue weighted by Crippen LogP contribution is 2.29. The molecule has 5 rings (SSSR count). The normalized spacial score (nSPS) is 15.5. The maximum absolute atomic E-state index is 12.8. The zero-order valence-electron chi connectivity index (χ0n) is 19.0. The van der Waals surface area contributed by atoms with E-state index in [0.29, 0.717) is 23.9 Å². The molecule has 0 unspecified atom stereocenters. The van der Waals surface area contributed by atoms with Gasteiger partial charge in [0, 0.05) is 35.5 Å². The van der Waals surface area contributed by atoms with E-state index >= 15 is 0 Å². The van der Waals surface area contributed by atoms with Crippen molar-refractivity contribution in [2.75, 3.05) is 16.8 Å². The summed E-state index contributed by atoms with van der Waals surface area (Å²) in [7, 11) is 0. The van der Waals surface area contributed by atoms with Crippen LogP contribution in [0.4, 0.5) is 11.4 Å². The first kappa shape index (κ1) is 21.6. The Morgan fingerprint density at radius 3 is 2.56 bits per heavy atom. The van der Waals surface area contributed by atoms with Gasteiger partial charge in [0.15, 0.2) is 0 Å². The molecule has 2 amide bonds. The maximum Gasteiger partial charge on any atom is 0.258 e. The molecule has 1 N–H and O–H groups in total. The van der Waals surface area contributed by atoms with Crippen molar-refractivity contribution < 1.29 is 14.1 Å². The topological polar surface area (TPSA) is 88.3 Å². The van der Waals surface area contributed by atoms with Crippen LogP contribution in [0.1, 0.15) is 17.5 Å². The number of nitrogens with one attached hydrogen (secondary N) is 1. The minimum absolute atomic E-state index is 0.0365. The molecular formula is C27H24N4O3. The molecule has 0 saturated carbocycles. The largest absolute Gasteiger partial charge is 0.334 e. The van der Waals surface area contributed by atoms with Gasteiger partial charge in [0.1, 0.15) is 0 Å². The number of rotatable bonds is 5. The van der Waals surface area contributed by atoms with Gasteiger partial charge in [-0.15, -0.1) is 0 Å². The Kier molecular flexibility index (Phi) is 5.67.